The smallest absolute Gasteiger partial charge is 0.0713 e. The molecule has 0 fully saturated rings. The highest BCUT2D eigenvalue weighted by Crippen LogP contribution is 2.56. The molecule has 0 bridgehead atoms. The van der Waals surface area contributed by atoms with E-state index in [1.807, 2.05) is 18.2 Å². The van der Waals surface area contributed by atoms with Crippen LogP contribution in [0.5, 0.6) is 0 Å². The van der Waals surface area contributed by atoms with Crippen LogP contribution in [0.15, 0.2) is 224 Å². The quantitative estimate of drug-likeness (QED) is 0.149. The third-order valence-corrected chi connectivity index (χ3v) is 11.0. The number of hydrogen-bond acceptors (Lipinski definition) is 1. The molecule has 55 heavy (non-hydrogen) atoms. The maximum absolute atomic E-state index is 6.65. The molecular weight excluding hydrogens is 663 g/mol. The van der Waals surface area contributed by atoms with Gasteiger partial charge in [-0.15, -0.1) is 0 Å². The van der Waals surface area contributed by atoms with Gasteiger partial charge in [-0.1, -0.05) is 206 Å². The molecule has 0 saturated heterocycles. The van der Waals surface area contributed by atoms with Crippen LogP contribution >= 0.6 is 0 Å². The first-order valence-electron chi connectivity index (χ1n) is 19.0. The summed E-state index contributed by atoms with van der Waals surface area (Å²) in [4.78, 5) is 0. The summed E-state index contributed by atoms with van der Waals surface area (Å²) in [6.07, 6.45) is 5.20. The van der Waals surface area contributed by atoms with Gasteiger partial charge in [-0.2, -0.15) is 0 Å². The number of benzene rings is 8. The highest BCUT2D eigenvalue weighted by molar-refractivity contribution is 5.89. The topological polar surface area (TPSA) is 26.0 Å². The second-order valence-corrected chi connectivity index (χ2v) is 14.3. The molecule has 1 nitrogen and oxygen atoms in total. The molecular formula is C54H41N. The highest BCUT2D eigenvalue weighted by atomic mass is 14.6. The Morgan fingerprint density at radius 1 is 0.418 bits per heavy atom. The van der Waals surface area contributed by atoms with E-state index in [1.54, 1.807) is 0 Å². The zero-order chi connectivity index (χ0) is 37.0. The van der Waals surface area contributed by atoms with Crippen LogP contribution in [0, 0.1) is 0 Å². The van der Waals surface area contributed by atoms with Gasteiger partial charge in [0.15, 0.2) is 0 Å². The first-order valence-corrected chi connectivity index (χ1v) is 19.0. The molecule has 0 amide bonds. The minimum atomic E-state index is -0.397. The monoisotopic (exact) mass is 703 g/mol. The Labute approximate surface area is 324 Å². The van der Waals surface area contributed by atoms with Gasteiger partial charge >= 0.3 is 0 Å². The Kier molecular flexibility index (Phi) is 9.12. The van der Waals surface area contributed by atoms with Crippen LogP contribution in [-0.2, 0) is 11.8 Å². The van der Waals surface area contributed by atoms with Crippen molar-refractivity contribution in [3.05, 3.63) is 263 Å². The first kappa shape index (κ1) is 33.8. The number of allylic oxidation sites excluding steroid dienone is 3. The summed E-state index contributed by atoms with van der Waals surface area (Å²) in [6.45, 7) is 0. The number of nitrogens with two attached hydrogens (primary N) is 1. The first-order chi connectivity index (χ1) is 27.2. The molecule has 0 saturated carbocycles. The Bertz CT molecular complexity index is 2600. The fourth-order valence-corrected chi connectivity index (χ4v) is 8.35. The molecule has 0 heterocycles. The molecule has 8 aromatic rings. The maximum atomic E-state index is 6.65. The SMILES string of the molecule is N/C(=C\C(=C/Cc1ccccc1)c1ccc(-c2cccc(-c3ccc4c(c3)-c3ccccc3C4(c3ccccc3)c3ccccc3)c2)cc1)c1ccccc1. The van der Waals surface area contributed by atoms with Crippen LogP contribution in [-0.4, -0.2) is 0 Å². The van der Waals surface area contributed by atoms with Crippen LogP contribution in [0.25, 0.3) is 44.7 Å². The third kappa shape index (κ3) is 6.41. The van der Waals surface area contributed by atoms with Crippen molar-refractivity contribution in [2.24, 2.45) is 5.73 Å². The van der Waals surface area contributed by atoms with Gasteiger partial charge in [-0.3, -0.25) is 0 Å². The van der Waals surface area contributed by atoms with Gasteiger partial charge in [-0.05, 0) is 103 Å². The van der Waals surface area contributed by atoms with Crippen molar-refractivity contribution in [1.82, 2.24) is 0 Å². The van der Waals surface area contributed by atoms with Crippen LogP contribution < -0.4 is 5.73 Å². The lowest BCUT2D eigenvalue weighted by Crippen LogP contribution is -2.28. The Balaban J connectivity index is 1.08. The maximum Gasteiger partial charge on any atom is 0.0713 e. The molecule has 0 unspecified atom stereocenters. The van der Waals surface area contributed by atoms with Crippen molar-refractivity contribution in [1.29, 1.82) is 0 Å². The lowest BCUT2D eigenvalue weighted by atomic mass is 9.67. The van der Waals surface area contributed by atoms with E-state index >= 15 is 0 Å². The minimum absolute atomic E-state index is 0.397. The summed E-state index contributed by atoms with van der Waals surface area (Å²) in [7, 11) is 0. The van der Waals surface area contributed by atoms with E-state index in [0.29, 0.717) is 0 Å². The van der Waals surface area contributed by atoms with Crippen LogP contribution in [0.4, 0.5) is 0 Å². The molecule has 0 spiro atoms. The van der Waals surface area contributed by atoms with Gasteiger partial charge in [0.25, 0.3) is 0 Å². The summed E-state index contributed by atoms with van der Waals surface area (Å²) in [5, 5.41) is 0. The van der Waals surface area contributed by atoms with Gasteiger partial charge in [0.05, 0.1) is 5.41 Å². The average molecular weight is 704 g/mol. The minimum Gasteiger partial charge on any atom is -0.398 e. The van der Waals surface area contributed by atoms with Crippen molar-refractivity contribution in [2.45, 2.75) is 11.8 Å². The van der Waals surface area contributed by atoms with Crippen molar-refractivity contribution in [2.75, 3.05) is 0 Å². The predicted octanol–water partition coefficient (Wildman–Crippen LogP) is 13.0. The highest BCUT2D eigenvalue weighted by Gasteiger charge is 2.45. The van der Waals surface area contributed by atoms with Gasteiger partial charge in [-0.25, -0.2) is 0 Å². The molecule has 1 aliphatic rings. The van der Waals surface area contributed by atoms with Crippen LogP contribution in [0.1, 0.15) is 38.9 Å². The van der Waals surface area contributed by atoms with E-state index in [1.165, 1.54) is 61.2 Å². The number of fused-ring (bicyclic) bond motifs is 3. The van der Waals surface area contributed by atoms with Crippen molar-refractivity contribution < 1.29 is 0 Å². The standard InChI is InChI=1S/C54H41N/c55-53(42-18-7-2-8-19-42)38-46(29-28-39-16-5-1-6-17-39)41-32-30-40(31-33-41)43-20-15-21-44(36-43)45-34-35-52-50(37-45)49-26-13-14-27-51(49)54(52,47-22-9-3-10-23-47)48-24-11-4-12-25-48/h1-27,29-38H,28,55H2/b46-29+,53-38-. The average Bonchev–Trinajstić information content (AvgIpc) is 3.57. The second kappa shape index (κ2) is 14.8. The molecule has 1 heteroatoms. The molecule has 0 radical (unpaired) electrons. The van der Waals surface area contributed by atoms with E-state index < -0.39 is 5.41 Å². The molecule has 1 aliphatic carbocycles. The molecule has 0 atom stereocenters. The second-order valence-electron chi connectivity index (χ2n) is 14.3. The van der Waals surface area contributed by atoms with Crippen LogP contribution in [0.3, 0.4) is 0 Å². The molecule has 0 aliphatic heterocycles. The lowest BCUT2D eigenvalue weighted by Gasteiger charge is -2.33. The Morgan fingerprint density at radius 2 is 0.945 bits per heavy atom. The van der Waals surface area contributed by atoms with E-state index in [-0.39, 0.29) is 0 Å². The van der Waals surface area contributed by atoms with Crippen molar-refractivity contribution in [3.8, 4) is 33.4 Å². The summed E-state index contributed by atoms with van der Waals surface area (Å²) in [6, 6.07) is 76.5. The Morgan fingerprint density at radius 3 is 1.62 bits per heavy atom. The van der Waals surface area contributed by atoms with Gasteiger partial charge < -0.3 is 5.73 Å². The zero-order valence-electron chi connectivity index (χ0n) is 30.6. The predicted molar refractivity (Wildman–Crippen MR) is 231 cm³/mol. The summed E-state index contributed by atoms with van der Waals surface area (Å²) in [5.41, 5.74) is 24.0. The van der Waals surface area contributed by atoms with E-state index in [0.717, 1.165) is 28.8 Å². The normalized spacial score (nSPS) is 13.2. The lowest BCUT2D eigenvalue weighted by molar-refractivity contribution is 0.768. The largest absolute Gasteiger partial charge is 0.398 e. The van der Waals surface area contributed by atoms with Gasteiger partial charge in [0.2, 0.25) is 0 Å². The van der Waals surface area contributed by atoms with E-state index in [9.17, 15) is 0 Å². The molecule has 9 rings (SSSR count). The zero-order valence-corrected chi connectivity index (χ0v) is 30.6. The molecule has 262 valence electrons. The summed E-state index contributed by atoms with van der Waals surface area (Å²) in [5.74, 6) is 0. The van der Waals surface area contributed by atoms with Crippen LogP contribution in [0.2, 0.25) is 0 Å². The molecule has 2 N–H and O–H groups in total. The van der Waals surface area contributed by atoms with Gasteiger partial charge in [0, 0.05) is 5.70 Å². The van der Waals surface area contributed by atoms with E-state index in [2.05, 4.69) is 206 Å². The summed E-state index contributed by atoms with van der Waals surface area (Å²) < 4.78 is 0. The Hall–Kier alpha value is -6.96. The summed E-state index contributed by atoms with van der Waals surface area (Å²) >= 11 is 0. The fourth-order valence-electron chi connectivity index (χ4n) is 8.35. The number of rotatable bonds is 9. The van der Waals surface area contributed by atoms with E-state index in [4.69, 9.17) is 5.73 Å². The molecule has 8 aromatic carbocycles. The fraction of sp³-hybridized carbons (Fsp3) is 0.0370. The van der Waals surface area contributed by atoms with Gasteiger partial charge in [0.1, 0.15) is 0 Å². The third-order valence-electron chi connectivity index (χ3n) is 11.0. The molecule has 0 aromatic heterocycles. The number of hydrogen-bond donors (Lipinski definition) is 1. The van der Waals surface area contributed by atoms with Crippen molar-refractivity contribution >= 4 is 11.3 Å². The van der Waals surface area contributed by atoms with Crippen molar-refractivity contribution in [3.63, 3.8) is 0 Å².